The monoisotopic (exact) mass is 337 g/mol. The Hall–Kier alpha value is -2.12. The maximum absolute atomic E-state index is 12.1. The highest BCUT2D eigenvalue weighted by atomic mass is 16.5. The minimum Gasteiger partial charge on any atom is -0.482 e. The molecule has 132 valence electrons. The number of ether oxygens (including phenoxy) is 3. The maximum atomic E-state index is 12.1. The van der Waals surface area contributed by atoms with Crippen molar-refractivity contribution >= 4 is 17.6 Å². The minimum atomic E-state index is -1.04. The molecule has 24 heavy (non-hydrogen) atoms. The van der Waals surface area contributed by atoms with Crippen LogP contribution in [-0.4, -0.2) is 49.0 Å². The molecule has 0 aliphatic carbocycles. The number of aliphatic carboxylic acids is 1. The van der Waals surface area contributed by atoms with E-state index in [1.807, 2.05) is 0 Å². The van der Waals surface area contributed by atoms with Crippen LogP contribution in [0.1, 0.15) is 26.2 Å². The predicted octanol–water partition coefficient (Wildman–Crippen LogP) is 2.06. The smallest absolute Gasteiger partial charge is 0.341 e. The van der Waals surface area contributed by atoms with E-state index < -0.39 is 18.7 Å². The number of anilines is 1. The van der Waals surface area contributed by atoms with E-state index in [1.54, 1.807) is 31.2 Å². The summed E-state index contributed by atoms with van der Waals surface area (Å²) < 4.78 is 16.2. The van der Waals surface area contributed by atoms with Crippen molar-refractivity contribution in [2.24, 2.45) is 0 Å². The number of carbonyl (C=O) groups excluding carboxylic acids is 1. The van der Waals surface area contributed by atoms with Crippen LogP contribution < -0.4 is 10.1 Å². The average molecular weight is 337 g/mol. The van der Waals surface area contributed by atoms with Gasteiger partial charge in [0.2, 0.25) is 0 Å². The van der Waals surface area contributed by atoms with Crippen LogP contribution in [0.5, 0.6) is 5.75 Å². The highest BCUT2D eigenvalue weighted by Gasteiger charge is 2.19. The van der Waals surface area contributed by atoms with E-state index in [4.69, 9.17) is 19.3 Å². The lowest BCUT2D eigenvalue weighted by Gasteiger charge is -2.23. The quantitative estimate of drug-likeness (QED) is 0.754. The number of amides is 1. The summed E-state index contributed by atoms with van der Waals surface area (Å²) in [6.45, 7) is 2.46. The molecule has 1 saturated heterocycles. The molecular formula is C17H23NO6. The number of benzene rings is 1. The number of carbonyl (C=O) groups is 2. The van der Waals surface area contributed by atoms with Crippen molar-refractivity contribution in [3.8, 4) is 5.75 Å². The molecule has 1 aliphatic heterocycles. The van der Waals surface area contributed by atoms with Gasteiger partial charge in [-0.25, -0.2) is 4.79 Å². The highest BCUT2D eigenvalue weighted by Crippen LogP contribution is 2.17. The molecule has 1 heterocycles. The molecule has 2 atom stereocenters. The Morgan fingerprint density at radius 2 is 2.08 bits per heavy atom. The third kappa shape index (κ3) is 6.17. The first-order valence-electron chi connectivity index (χ1n) is 8.03. The first-order valence-corrected chi connectivity index (χ1v) is 8.03. The summed E-state index contributed by atoms with van der Waals surface area (Å²) in [4.78, 5) is 22.5. The second-order valence-corrected chi connectivity index (χ2v) is 5.66. The van der Waals surface area contributed by atoms with Crippen molar-refractivity contribution in [1.82, 2.24) is 0 Å². The average Bonchev–Trinajstić information content (AvgIpc) is 2.59. The molecule has 2 unspecified atom stereocenters. The molecule has 1 aliphatic rings. The second-order valence-electron chi connectivity index (χ2n) is 5.66. The normalized spacial score (nSPS) is 18.6. The first-order chi connectivity index (χ1) is 11.5. The van der Waals surface area contributed by atoms with Gasteiger partial charge in [0.05, 0.1) is 12.7 Å². The zero-order chi connectivity index (χ0) is 17.4. The van der Waals surface area contributed by atoms with Crippen molar-refractivity contribution in [3.05, 3.63) is 24.3 Å². The zero-order valence-corrected chi connectivity index (χ0v) is 13.7. The second kappa shape index (κ2) is 9.24. The molecule has 0 aromatic heterocycles. The van der Waals surface area contributed by atoms with Crippen molar-refractivity contribution in [2.45, 2.75) is 38.4 Å². The lowest BCUT2D eigenvalue weighted by molar-refractivity contribution is -0.139. The molecule has 0 bridgehead atoms. The van der Waals surface area contributed by atoms with Crippen LogP contribution in [0, 0.1) is 0 Å². The van der Waals surface area contributed by atoms with Crippen LogP contribution in [0.3, 0.4) is 0 Å². The van der Waals surface area contributed by atoms with Gasteiger partial charge in [-0.15, -0.1) is 0 Å². The predicted molar refractivity (Wildman–Crippen MR) is 87.2 cm³/mol. The molecule has 2 N–H and O–H groups in total. The summed E-state index contributed by atoms with van der Waals surface area (Å²) in [5.41, 5.74) is 0.590. The van der Waals surface area contributed by atoms with Crippen LogP contribution in [0.25, 0.3) is 0 Å². The van der Waals surface area contributed by atoms with Gasteiger partial charge in [-0.05, 0) is 50.5 Å². The number of nitrogens with one attached hydrogen (secondary N) is 1. The Labute approximate surface area is 140 Å². The number of hydrogen-bond donors (Lipinski definition) is 2. The number of rotatable bonds is 8. The number of carboxylic acid groups (broad SMARTS) is 1. The molecule has 7 nitrogen and oxygen atoms in total. The molecule has 1 fully saturated rings. The Morgan fingerprint density at radius 1 is 1.33 bits per heavy atom. The summed E-state index contributed by atoms with van der Waals surface area (Å²) in [7, 11) is 0. The minimum absolute atomic E-state index is 0.0691. The molecular weight excluding hydrogens is 314 g/mol. The van der Waals surface area contributed by atoms with Crippen LogP contribution in [0.2, 0.25) is 0 Å². The van der Waals surface area contributed by atoms with Gasteiger partial charge in [-0.1, -0.05) is 0 Å². The molecule has 0 radical (unpaired) electrons. The van der Waals surface area contributed by atoms with Gasteiger partial charge in [0.1, 0.15) is 11.9 Å². The third-order valence-electron chi connectivity index (χ3n) is 3.66. The van der Waals surface area contributed by atoms with Crippen LogP contribution in [0.15, 0.2) is 24.3 Å². The summed E-state index contributed by atoms with van der Waals surface area (Å²) in [6, 6.07) is 6.48. The van der Waals surface area contributed by atoms with Crippen molar-refractivity contribution in [2.75, 3.05) is 25.1 Å². The Balaban J connectivity index is 1.74. The third-order valence-corrected chi connectivity index (χ3v) is 3.66. The number of hydrogen-bond acceptors (Lipinski definition) is 5. The summed E-state index contributed by atoms with van der Waals surface area (Å²) >= 11 is 0. The van der Waals surface area contributed by atoms with E-state index in [9.17, 15) is 9.59 Å². The zero-order valence-electron chi connectivity index (χ0n) is 13.7. The molecule has 1 amide bonds. The highest BCUT2D eigenvalue weighted by molar-refractivity contribution is 5.93. The lowest BCUT2D eigenvalue weighted by Crippen LogP contribution is -2.32. The fourth-order valence-electron chi connectivity index (χ4n) is 2.29. The van der Waals surface area contributed by atoms with Crippen LogP contribution >= 0.6 is 0 Å². The molecule has 0 saturated carbocycles. The molecule has 2 rings (SSSR count). The summed E-state index contributed by atoms with van der Waals surface area (Å²) in [5, 5.41) is 11.3. The van der Waals surface area contributed by atoms with Crippen LogP contribution in [0.4, 0.5) is 5.69 Å². The van der Waals surface area contributed by atoms with E-state index in [0.717, 1.165) is 25.9 Å². The fraction of sp³-hybridized carbons (Fsp3) is 0.529. The number of carboxylic acids is 1. The Bertz CT molecular complexity index is 539. The van der Waals surface area contributed by atoms with Gasteiger partial charge in [-0.3, -0.25) is 4.79 Å². The van der Waals surface area contributed by atoms with Crippen LogP contribution in [-0.2, 0) is 19.1 Å². The van der Waals surface area contributed by atoms with Gasteiger partial charge in [0.25, 0.3) is 5.91 Å². The van der Waals surface area contributed by atoms with Gasteiger partial charge >= 0.3 is 5.97 Å². The van der Waals surface area contributed by atoms with E-state index in [2.05, 4.69) is 5.32 Å². The van der Waals surface area contributed by atoms with Gasteiger partial charge in [0, 0.05) is 12.3 Å². The Kier molecular flexibility index (Phi) is 7.02. The van der Waals surface area contributed by atoms with E-state index in [0.29, 0.717) is 18.0 Å². The van der Waals surface area contributed by atoms with E-state index in [1.165, 1.54) is 0 Å². The van der Waals surface area contributed by atoms with Crippen molar-refractivity contribution in [3.63, 3.8) is 0 Å². The Morgan fingerprint density at radius 3 is 2.71 bits per heavy atom. The standard InChI is InChI=1S/C17H23NO6/c1-12(23-10-15-4-2-3-9-22-15)17(21)18-13-5-7-14(8-6-13)24-11-16(19)20/h5-8,12,15H,2-4,9-11H2,1H3,(H,18,21)(H,19,20). The van der Waals surface area contributed by atoms with E-state index in [-0.39, 0.29) is 12.0 Å². The van der Waals surface area contributed by atoms with Crippen molar-refractivity contribution < 1.29 is 28.9 Å². The van der Waals surface area contributed by atoms with E-state index >= 15 is 0 Å². The summed E-state index contributed by atoms with van der Waals surface area (Å²) in [6.07, 6.45) is 2.66. The molecule has 1 aromatic rings. The first kappa shape index (κ1) is 18.2. The lowest BCUT2D eigenvalue weighted by atomic mass is 10.1. The molecule has 7 heteroatoms. The van der Waals surface area contributed by atoms with Crippen molar-refractivity contribution in [1.29, 1.82) is 0 Å². The summed E-state index contributed by atoms with van der Waals surface area (Å²) in [5.74, 6) is -0.862. The SMILES string of the molecule is CC(OCC1CCCCO1)C(=O)Nc1ccc(OCC(=O)O)cc1. The van der Waals surface area contributed by atoms with Gasteiger partial charge < -0.3 is 24.6 Å². The topological polar surface area (TPSA) is 94.1 Å². The van der Waals surface area contributed by atoms with Gasteiger partial charge in [-0.2, -0.15) is 0 Å². The largest absolute Gasteiger partial charge is 0.482 e. The molecule has 0 spiro atoms. The van der Waals surface area contributed by atoms with Gasteiger partial charge in [0.15, 0.2) is 6.61 Å². The maximum Gasteiger partial charge on any atom is 0.341 e. The fourth-order valence-corrected chi connectivity index (χ4v) is 2.29. The molecule has 1 aromatic carbocycles.